The van der Waals surface area contributed by atoms with Gasteiger partial charge in [-0.2, -0.15) is 0 Å². The zero-order valence-corrected chi connectivity index (χ0v) is 20.2. The maximum absolute atomic E-state index is 13.6. The van der Waals surface area contributed by atoms with Gasteiger partial charge in [-0.05, 0) is 41.1 Å². The summed E-state index contributed by atoms with van der Waals surface area (Å²) in [5.74, 6) is -0.0906. The summed E-state index contributed by atoms with van der Waals surface area (Å²) in [6.45, 7) is 3.60. The number of fused-ring (bicyclic) bond motifs is 2. The van der Waals surface area contributed by atoms with E-state index in [0.29, 0.717) is 12.4 Å². The first-order valence-electron chi connectivity index (χ1n) is 12.3. The molecule has 0 saturated carbocycles. The molecular weight excluding hydrogens is 466 g/mol. The van der Waals surface area contributed by atoms with Crippen LogP contribution in [-0.2, 0) is 4.79 Å². The van der Waals surface area contributed by atoms with Crippen LogP contribution in [0.15, 0.2) is 96.0 Å². The van der Waals surface area contributed by atoms with Gasteiger partial charge in [-0.25, -0.2) is 4.99 Å². The van der Waals surface area contributed by atoms with Crippen molar-refractivity contribution in [2.24, 2.45) is 4.99 Å². The van der Waals surface area contributed by atoms with E-state index < -0.39 is 0 Å². The summed E-state index contributed by atoms with van der Waals surface area (Å²) >= 11 is 0. The first-order chi connectivity index (χ1) is 18.1. The Balaban J connectivity index is 1.18. The highest BCUT2D eigenvalue weighted by Gasteiger charge is 2.35. The second-order valence-electron chi connectivity index (χ2n) is 9.26. The lowest BCUT2D eigenvalue weighted by Crippen LogP contribution is -2.51. The molecule has 0 aliphatic carbocycles. The van der Waals surface area contributed by atoms with E-state index in [-0.39, 0.29) is 16.5 Å². The molecular formula is C29H25N5O3. The number of carbonyl (C=O) groups excluding carboxylic acids is 1. The van der Waals surface area contributed by atoms with E-state index in [4.69, 9.17) is 4.99 Å². The second kappa shape index (κ2) is 9.48. The number of rotatable bonds is 5. The number of nitro groups is 1. The van der Waals surface area contributed by atoms with Gasteiger partial charge in [0.05, 0.1) is 23.0 Å². The summed E-state index contributed by atoms with van der Waals surface area (Å²) in [5.41, 5.74) is 4.02. The molecule has 4 aromatic rings. The fraction of sp³-hybridized carbons (Fsp3) is 0.172. The number of aliphatic imine (C=N–C) groups is 1. The number of amides is 1. The zero-order chi connectivity index (χ0) is 25.4. The lowest BCUT2D eigenvalue weighted by Gasteiger charge is -2.37. The molecule has 8 heteroatoms. The number of hydrogen-bond donors (Lipinski definition) is 0. The maximum atomic E-state index is 13.6. The van der Waals surface area contributed by atoms with Crippen molar-refractivity contribution in [1.82, 2.24) is 4.90 Å². The molecule has 1 saturated heterocycles. The Bertz CT molecular complexity index is 1520. The Kier molecular flexibility index (Phi) is 5.86. The van der Waals surface area contributed by atoms with E-state index in [9.17, 15) is 14.9 Å². The van der Waals surface area contributed by atoms with Crippen LogP contribution in [0.5, 0.6) is 0 Å². The van der Waals surface area contributed by atoms with E-state index in [1.54, 1.807) is 12.1 Å². The first-order valence-corrected chi connectivity index (χ1v) is 12.3. The fourth-order valence-corrected chi connectivity index (χ4v) is 5.02. The highest BCUT2D eigenvalue weighted by atomic mass is 16.6. The average Bonchev–Trinajstić information content (AvgIpc) is 3.19. The first kappa shape index (κ1) is 22.9. The van der Waals surface area contributed by atoms with Gasteiger partial charge in [0.1, 0.15) is 5.71 Å². The summed E-state index contributed by atoms with van der Waals surface area (Å²) in [4.78, 5) is 35.2. The van der Waals surface area contributed by atoms with Gasteiger partial charge in [0.15, 0.2) is 0 Å². The zero-order valence-electron chi connectivity index (χ0n) is 20.2. The van der Waals surface area contributed by atoms with Crippen molar-refractivity contribution in [3.05, 3.63) is 107 Å². The van der Waals surface area contributed by atoms with E-state index in [2.05, 4.69) is 15.9 Å². The van der Waals surface area contributed by atoms with Crippen LogP contribution in [0.1, 0.15) is 5.56 Å². The molecule has 2 aliphatic rings. The molecule has 2 heterocycles. The molecule has 0 bridgehead atoms. The lowest BCUT2D eigenvalue weighted by molar-refractivity contribution is -0.384. The Morgan fingerprint density at radius 2 is 1.51 bits per heavy atom. The molecule has 184 valence electrons. The number of nitro benzene ring substituents is 1. The van der Waals surface area contributed by atoms with Crippen molar-refractivity contribution < 1.29 is 9.72 Å². The van der Waals surface area contributed by atoms with Crippen LogP contribution in [0, 0.1) is 10.1 Å². The van der Waals surface area contributed by atoms with Crippen molar-refractivity contribution in [3.63, 3.8) is 0 Å². The van der Waals surface area contributed by atoms with Crippen LogP contribution in [0.3, 0.4) is 0 Å². The van der Waals surface area contributed by atoms with E-state index in [0.717, 1.165) is 59.6 Å². The lowest BCUT2D eigenvalue weighted by atomic mass is 10.1. The Morgan fingerprint density at radius 3 is 2.27 bits per heavy atom. The monoisotopic (exact) mass is 491 g/mol. The number of piperazine rings is 1. The number of anilines is 2. The van der Waals surface area contributed by atoms with Crippen LogP contribution in [-0.4, -0.2) is 54.3 Å². The van der Waals surface area contributed by atoms with Crippen molar-refractivity contribution in [2.75, 3.05) is 42.6 Å². The summed E-state index contributed by atoms with van der Waals surface area (Å²) in [5, 5.41) is 13.2. The topological polar surface area (TPSA) is 82.3 Å². The van der Waals surface area contributed by atoms with Gasteiger partial charge in [-0.3, -0.25) is 24.7 Å². The smallest absolute Gasteiger partial charge is 0.278 e. The molecule has 6 rings (SSSR count). The number of hydrogen-bond acceptors (Lipinski definition) is 6. The number of benzene rings is 4. The van der Waals surface area contributed by atoms with Gasteiger partial charge in [-0.1, -0.05) is 48.5 Å². The van der Waals surface area contributed by atoms with E-state index >= 15 is 0 Å². The molecule has 1 amide bonds. The Hall–Kier alpha value is -4.56. The van der Waals surface area contributed by atoms with E-state index in [1.807, 2.05) is 65.6 Å². The third-order valence-corrected chi connectivity index (χ3v) is 7.01. The second-order valence-corrected chi connectivity index (χ2v) is 9.26. The molecule has 0 unspecified atom stereocenters. The summed E-state index contributed by atoms with van der Waals surface area (Å²) in [6.07, 6.45) is 0. The third-order valence-electron chi connectivity index (χ3n) is 7.01. The van der Waals surface area contributed by atoms with Crippen LogP contribution in [0.2, 0.25) is 0 Å². The quantitative estimate of drug-likeness (QED) is 0.290. The molecule has 37 heavy (non-hydrogen) atoms. The molecule has 8 nitrogen and oxygen atoms in total. The summed E-state index contributed by atoms with van der Waals surface area (Å²) in [7, 11) is 0. The molecule has 0 N–H and O–H groups in total. The van der Waals surface area contributed by atoms with E-state index in [1.165, 1.54) is 12.1 Å². The van der Waals surface area contributed by atoms with Crippen molar-refractivity contribution in [2.45, 2.75) is 0 Å². The predicted octanol–water partition coefficient (Wildman–Crippen LogP) is 5.00. The van der Waals surface area contributed by atoms with Crippen LogP contribution < -0.4 is 9.80 Å². The highest BCUT2D eigenvalue weighted by Crippen LogP contribution is 2.32. The van der Waals surface area contributed by atoms with Crippen LogP contribution in [0.4, 0.5) is 22.7 Å². The van der Waals surface area contributed by atoms with Gasteiger partial charge >= 0.3 is 0 Å². The molecule has 4 aromatic carbocycles. The van der Waals surface area contributed by atoms with Gasteiger partial charge in [0.25, 0.3) is 11.6 Å². The van der Waals surface area contributed by atoms with Crippen molar-refractivity contribution in [1.29, 1.82) is 0 Å². The highest BCUT2D eigenvalue weighted by molar-refractivity contribution is 6.54. The largest absolute Gasteiger partial charge is 0.369 e. The minimum absolute atomic E-state index is 0.0906. The minimum atomic E-state index is -0.385. The maximum Gasteiger partial charge on any atom is 0.278 e. The number of non-ortho nitro benzene ring substituents is 1. The number of carbonyl (C=O) groups is 1. The van der Waals surface area contributed by atoms with Crippen molar-refractivity contribution in [3.8, 4) is 0 Å². The fourth-order valence-electron chi connectivity index (χ4n) is 5.02. The summed E-state index contributed by atoms with van der Waals surface area (Å²) < 4.78 is 0. The predicted molar refractivity (Wildman–Crippen MR) is 146 cm³/mol. The Labute approximate surface area is 214 Å². The van der Waals surface area contributed by atoms with Gasteiger partial charge in [0.2, 0.25) is 0 Å². The minimum Gasteiger partial charge on any atom is -0.369 e. The van der Waals surface area contributed by atoms with Crippen molar-refractivity contribution >= 4 is 45.1 Å². The SMILES string of the molecule is O=C1C(=Nc2ccc3ccccc3c2)c2ccccc2N1CN1CCN(c2ccc([N+](=O)[O-])cc2)CC1. The normalized spacial score (nSPS) is 17.0. The van der Waals surface area contributed by atoms with Crippen LogP contribution in [0.25, 0.3) is 10.8 Å². The van der Waals surface area contributed by atoms with Gasteiger partial charge < -0.3 is 4.90 Å². The standard InChI is InChI=1S/C29H25N5O3/c35-29-28(30-23-10-9-21-5-1-2-6-22(21)19-23)26-7-3-4-8-27(26)33(29)20-31-15-17-32(18-16-31)24-11-13-25(14-12-24)34(36)37/h1-14,19H,15-18,20H2. The van der Waals surface area contributed by atoms with Gasteiger partial charge in [0, 0.05) is 49.6 Å². The molecule has 0 spiro atoms. The van der Waals surface area contributed by atoms with Gasteiger partial charge in [-0.15, -0.1) is 0 Å². The third kappa shape index (κ3) is 4.43. The Morgan fingerprint density at radius 1 is 0.811 bits per heavy atom. The molecule has 1 fully saturated rings. The molecule has 0 atom stereocenters. The number of para-hydroxylation sites is 1. The average molecular weight is 492 g/mol. The van der Waals surface area contributed by atoms with Crippen LogP contribution >= 0.6 is 0 Å². The molecule has 2 aliphatic heterocycles. The number of nitrogens with zero attached hydrogens (tertiary/aromatic N) is 5. The molecule has 0 aromatic heterocycles. The summed E-state index contributed by atoms with van der Waals surface area (Å²) in [6, 6.07) is 28.6. The molecule has 0 radical (unpaired) electrons.